The molecule has 84 valence electrons. The second-order valence-corrected chi connectivity index (χ2v) is 4.45. The van der Waals surface area contributed by atoms with Gasteiger partial charge in [0, 0.05) is 25.6 Å². The number of hydrogen-bond donors (Lipinski definition) is 1. The lowest BCUT2D eigenvalue weighted by Gasteiger charge is -2.07. The number of carbonyl (C=O) groups is 1. The molecular formula is C12H18INO. The molecule has 0 aromatic rings. The monoisotopic (exact) mass is 319 g/mol. The minimum absolute atomic E-state index is 0.192. The number of halogens is 1. The lowest BCUT2D eigenvalue weighted by molar-refractivity contribution is -0.109. The summed E-state index contributed by atoms with van der Waals surface area (Å²) in [5.41, 5.74) is 2.21. The van der Waals surface area contributed by atoms with Gasteiger partial charge in [0.2, 0.25) is 0 Å². The Labute approximate surface area is 106 Å². The third-order valence-corrected chi connectivity index (χ3v) is 2.47. The van der Waals surface area contributed by atoms with Crippen molar-refractivity contribution in [3.63, 3.8) is 0 Å². The Bertz CT molecular complexity index is 279. The summed E-state index contributed by atoms with van der Waals surface area (Å²) in [6.45, 7) is 5.94. The maximum atomic E-state index is 10.8. The van der Waals surface area contributed by atoms with Crippen molar-refractivity contribution in [1.82, 2.24) is 5.32 Å². The summed E-state index contributed by atoms with van der Waals surface area (Å²) in [4.78, 5) is 10.8. The fourth-order valence-corrected chi connectivity index (χ4v) is 1.35. The summed E-state index contributed by atoms with van der Waals surface area (Å²) in [7, 11) is 1.89. The van der Waals surface area contributed by atoms with E-state index in [1.807, 2.05) is 54.8 Å². The Morgan fingerprint density at radius 2 is 2.13 bits per heavy atom. The highest BCUT2D eigenvalue weighted by Crippen LogP contribution is 2.13. The van der Waals surface area contributed by atoms with E-state index in [0.717, 1.165) is 24.1 Å². The quantitative estimate of drug-likeness (QED) is 0.337. The van der Waals surface area contributed by atoms with Crippen LogP contribution in [0.5, 0.6) is 0 Å². The zero-order valence-corrected chi connectivity index (χ0v) is 11.5. The highest BCUT2D eigenvalue weighted by Gasteiger charge is 2.01. The van der Waals surface area contributed by atoms with Crippen LogP contribution >= 0.6 is 22.6 Å². The van der Waals surface area contributed by atoms with Crippen LogP contribution in [0.3, 0.4) is 0 Å². The van der Waals surface area contributed by atoms with E-state index in [4.69, 9.17) is 0 Å². The Morgan fingerprint density at radius 3 is 2.60 bits per heavy atom. The van der Waals surface area contributed by atoms with Crippen LogP contribution in [0.4, 0.5) is 0 Å². The lowest BCUT2D eigenvalue weighted by atomic mass is 10.1. The minimum Gasteiger partial charge on any atom is -0.391 e. The molecule has 0 fully saturated rings. The fourth-order valence-electron chi connectivity index (χ4n) is 1.08. The van der Waals surface area contributed by atoms with E-state index in [9.17, 15) is 4.79 Å². The van der Waals surface area contributed by atoms with Gasteiger partial charge in [0.05, 0.1) is 0 Å². The maximum Gasteiger partial charge on any atom is 0.192 e. The molecule has 0 bridgehead atoms. The third-order valence-electron chi connectivity index (χ3n) is 1.93. The zero-order chi connectivity index (χ0) is 11.7. The van der Waals surface area contributed by atoms with Crippen molar-refractivity contribution in [2.24, 2.45) is 0 Å². The first kappa shape index (κ1) is 14.4. The number of nitrogens with one attached hydrogen (secondary N) is 1. The van der Waals surface area contributed by atoms with E-state index in [1.54, 1.807) is 0 Å². The number of carbonyl (C=O) groups excluding carboxylic acids is 1. The molecule has 0 rings (SSSR count). The van der Waals surface area contributed by atoms with Gasteiger partial charge in [-0.2, -0.15) is 0 Å². The van der Waals surface area contributed by atoms with Gasteiger partial charge in [-0.25, -0.2) is 0 Å². The molecule has 0 aromatic carbocycles. The average Bonchev–Trinajstić information content (AvgIpc) is 2.21. The molecule has 0 aliphatic carbocycles. The molecule has 0 atom stereocenters. The van der Waals surface area contributed by atoms with Gasteiger partial charge in [-0.1, -0.05) is 24.3 Å². The summed E-state index contributed by atoms with van der Waals surface area (Å²) >= 11 is 1.82. The molecular weight excluding hydrogens is 301 g/mol. The van der Waals surface area contributed by atoms with Crippen LogP contribution in [-0.4, -0.2) is 10.8 Å². The molecule has 0 saturated heterocycles. The van der Waals surface area contributed by atoms with Gasteiger partial charge in [-0.05, 0) is 42.0 Å². The molecule has 0 aliphatic heterocycles. The van der Waals surface area contributed by atoms with Crippen LogP contribution in [0.2, 0.25) is 0 Å². The molecule has 15 heavy (non-hydrogen) atoms. The van der Waals surface area contributed by atoms with E-state index < -0.39 is 0 Å². The summed E-state index contributed by atoms with van der Waals surface area (Å²) in [5.74, 6) is 0. The first-order valence-corrected chi connectivity index (χ1v) is 6.02. The topological polar surface area (TPSA) is 29.1 Å². The first-order chi connectivity index (χ1) is 7.10. The zero-order valence-electron chi connectivity index (χ0n) is 9.35. The maximum absolute atomic E-state index is 10.8. The Morgan fingerprint density at radius 1 is 1.47 bits per heavy atom. The van der Waals surface area contributed by atoms with Gasteiger partial charge in [-0.3, -0.25) is 4.79 Å². The van der Waals surface area contributed by atoms with Gasteiger partial charge in [0.25, 0.3) is 0 Å². The van der Waals surface area contributed by atoms with Crippen molar-refractivity contribution in [2.75, 3.05) is 7.05 Å². The molecule has 0 aliphatic rings. The van der Waals surface area contributed by atoms with Gasteiger partial charge < -0.3 is 5.32 Å². The van der Waals surface area contributed by atoms with E-state index in [0.29, 0.717) is 6.42 Å². The van der Waals surface area contributed by atoms with Crippen LogP contribution < -0.4 is 5.32 Å². The van der Waals surface area contributed by atoms with E-state index in [-0.39, 0.29) is 3.79 Å². The second kappa shape index (κ2) is 8.71. The summed E-state index contributed by atoms with van der Waals surface area (Å²) in [5, 5.41) is 3.12. The SMILES string of the molecule is C=C(CCC(=O)I)C/C(=C\C=C/C)NC. The molecule has 3 heteroatoms. The van der Waals surface area contributed by atoms with Crippen LogP contribution in [-0.2, 0) is 4.79 Å². The second-order valence-electron chi connectivity index (χ2n) is 3.25. The van der Waals surface area contributed by atoms with Crippen LogP contribution in [0, 0.1) is 0 Å². The van der Waals surface area contributed by atoms with Crippen molar-refractivity contribution >= 4 is 26.4 Å². The van der Waals surface area contributed by atoms with Gasteiger partial charge in [0.1, 0.15) is 0 Å². The fraction of sp³-hybridized carbons (Fsp3) is 0.417. The highest BCUT2D eigenvalue weighted by atomic mass is 127. The van der Waals surface area contributed by atoms with Crippen LogP contribution in [0.15, 0.2) is 36.1 Å². The summed E-state index contributed by atoms with van der Waals surface area (Å²) in [6.07, 6.45) is 8.16. The molecule has 0 heterocycles. The van der Waals surface area contributed by atoms with E-state index in [2.05, 4.69) is 11.9 Å². The van der Waals surface area contributed by atoms with E-state index >= 15 is 0 Å². The lowest BCUT2D eigenvalue weighted by Crippen LogP contribution is -2.06. The summed E-state index contributed by atoms with van der Waals surface area (Å²) < 4.78 is 0.192. The predicted octanol–water partition coefficient (Wildman–Crippen LogP) is 3.35. The van der Waals surface area contributed by atoms with Gasteiger partial charge >= 0.3 is 0 Å². The average molecular weight is 319 g/mol. The molecule has 0 saturated carbocycles. The molecule has 0 amide bonds. The number of allylic oxidation sites excluding steroid dienone is 4. The van der Waals surface area contributed by atoms with Crippen molar-refractivity contribution in [3.05, 3.63) is 36.1 Å². The van der Waals surface area contributed by atoms with Crippen LogP contribution in [0.25, 0.3) is 0 Å². The Kier molecular flexibility index (Phi) is 8.37. The summed E-state index contributed by atoms with van der Waals surface area (Å²) in [6, 6.07) is 0. The van der Waals surface area contributed by atoms with Crippen LogP contribution in [0.1, 0.15) is 26.2 Å². The first-order valence-electron chi connectivity index (χ1n) is 4.94. The van der Waals surface area contributed by atoms with E-state index in [1.165, 1.54) is 0 Å². The molecule has 1 N–H and O–H groups in total. The standard InChI is InChI=1S/C12H18INO/c1-4-5-6-11(14-3)9-10(2)7-8-12(13)15/h4-6,14H,2,7-9H2,1,3H3/b5-4-,11-6+. The van der Waals surface area contributed by atoms with Crippen molar-refractivity contribution in [2.45, 2.75) is 26.2 Å². The Balaban J connectivity index is 4.07. The smallest absolute Gasteiger partial charge is 0.192 e. The predicted molar refractivity (Wildman–Crippen MR) is 74.0 cm³/mol. The van der Waals surface area contributed by atoms with Crippen molar-refractivity contribution in [3.8, 4) is 0 Å². The van der Waals surface area contributed by atoms with Crippen molar-refractivity contribution < 1.29 is 4.79 Å². The molecule has 0 aromatic heterocycles. The minimum atomic E-state index is 0.192. The third kappa shape index (κ3) is 8.42. The molecule has 0 unspecified atom stereocenters. The molecule has 0 radical (unpaired) electrons. The number of rotatable bonds is 7. The molecule has 0 spiro atoms. The molecule has 2 nitrogen and oxygen atoms in total. The van der Waals surface area contributed by atoms with Crippen molar-refractivity contribution in [1.29, 1.82) is 0 Å². The number of hydrogen-bond acceptors (Lipinski definition) is 2. The van der Waals surface area contributed by atoms with Gasteiger partial charge in [0.15, 0.2) is 3.79 Å². The Hall–Kier alpha value is -0.580. The normalized spacial score (nSPS) is 11.8. The van der Waals surface area contributed by atoms with Gasteiger partial charge in [-0.15, -0.1) is 0 Å². The largest absolute Gasteiger partial charge is 0.391 e. The highest BCUT2D eigenvalue weighted by molar-refractivity contribution is 14.1.